The molecule has 0 saturated carbocycles. The van der Waals surface area contributed by atoms with Gasteiger partial charge in [-0.1, -0.05) is 25.4 Å². The van der Waals surface area contributed by atoms with E-state index < -0.39 is 47.0 Å². The Bertz CT molecular complexity index is 1100. The van der Waals surface area contributed by atoms with Crippen molar-refractivity contribution in [2.75, 3.05) is 17.2 Å². The van der Waals surface area contributed by atoms with E-state index in [0.29, 0.717) is 11.4 Å². The number of nitro groups is 1. The van der Waals surface area contributed by atoms with E-state index >= 15 is 0 Å². The first-order valence-corrected chi connectivity index (χ1v) is 10.4. The number of nitrogens with one attached hydrogen (secondary N) is 3. The van der Waals surface area contributed by atoms with Crippen molar-refractivity contribution in [2.24, 2.45) is 5.92 Å². The van der Waals surface area contributed by atoms with E-state index in [4.69, 9.17) is 16.3 Å². The summed E-state index contributed by atoms with van der Waals surface area (Å²) in [7, 11) is 0. The molecular weight excluding hydrogens is 468 g/mol. The van der Waals surface area contributed by atoms with Gasteiger partial charge >= 0.3 is 5.97 Å². The molecule has 11 nitrogen and oxygen atoms in total. The zero-order chi connectivity index (χ0) is 25.4. The lowest BCUT2D eigenvalue weighted by Gasteiger charge is -2.20. The second kappa shape index (κ2) is 11.8. The van der Waals surface area contributed by atoms with Gasteiger partial charge in [-0.05, 0) is 42.3 Å². The molecule has 0 aliphatic rings. The first-order chi connectivity index (χ1) is 16.0. The second-order valence-corrected chi connectivity index (χ2v) is 7.94. The van der Waals surface area contributed by atoms with Crippen LogP contribution in [0.4, 0.5) is 17.1 Å². The van der Waals surface area contributed by atoms with Crippen molar-refractivity contribution < 1.29 is 28.8 Å². The van der Waals surface area contributed by atoms with Gasteiger partial charge in [0.2, 0.25) is 5.91 Å². The Morgan fingerprint density at radius 2 is 1.62 bits per heavy atom. The average Bonchev–Trinajstić information content (AvgIpc) is 2.76. The predicted molar refractivity (Wildman–Crippen MR) is 125 cm³/mol. The van der Waals surface area contributed by atoms with E-state index in [1.165, 1.54) is 19.1 Å². The first-order valence-electron chi connectivity index (χ1n) is 10.1. The lowest BCUT2D eigenvalue weighted by atomic mass is 10.0. The number of carbonyl (C=O) groups is 4. The molecule has 0 aliphatic heterocycles. The van der Waals surface area contributed by atoms with Gasteiger partial charge in [0.25, 0.3) is 17.5 Å². The highest BCUT2D eigenvalue weighted by atomic mass is 35.5. The fourth-order valence-corrected chi connectivity index (χ4v) is 2.97. The van der Waals surface area contributed by atoms with E-state index in [1.807, 2.05) is 0 Å². The van der Waals surface area contributed by atoms with Gasteiger partial charge in [0.1, 0.15) is 11.1 Å². The number of hydrogen-bond acceptors (Lipinski definition) is 7. The maximum atomic E-state index is 12.5. The van der Waals surface area contributed by atoms with E-state index in [2.05, 4.69) is 16.0 Å². The molecule has 0 spiro atoms. The minimum absolute atomic E-state index is 0.0602. The van der Waals surface area contributed by atoms with Crippen LogP contribution in [-0.2, 0) is 19.1 Å². The molecule has 34 heavy (non-hydrogen) atoms. The van der Waals surface area contributed by atoms with Crippen LogP contribution in [-0.4, -0.2) is 41.3 Å². The fraction of sp³-hybridized carbons (Fsp3) is 0.273. The molecule has 3 amide bonds. The van der Waals surface area contributed by atoms with Crippen LogP contribution in [0, 0.1) is 16.0 Å². The summed E-state index contributed by atoms with van der Waals surface area (Å²) in [6.07, 6.45) is 0. The summed E-state index contributed by atoms with van der Waals surface area (Å²) in [5.74, 6) is -2.82. The summed E-state index contributed by atoms with van der Waals surface area (Å²) in [6, 6.07) is 8.71. The molecule has 2 aromatic carbocycles. The molecule has 0 radical (unpaired) electrons. The number of nitro benzene ring substituents is 1. The molecule has 180 valence electrons. The maximum absolute atomic E-state index is 12.5. The quantitative estimate of drug-likeness (QED) is 0.277. The second-order valence-electron chi connectivity index (χ2n) is 7.53. The van der Waals surface area contributed by atoms with Crippen molar-refractivity contribution in [1.82, 2.24) is 5.32 Å². The number of ether oxygens (including phenoxy) is 1. The number of anilines is 2. The van der Waals surface area contributed by atoms with Crippen molar-refractivity contribution in [3.8, 4) is 0 Å². The molecule has 2 aromatic rings. The molecule has 0 bridgehead atoms. The topological polar surface area (TPSA) is 157 Å². The summed E-state index contributed by atoms with van der Waals surface area (Å²) in [5.41, 5.74) is 0.474. The molecule has 0 aliphatic carbocycles. The molecule has 2 rings (SSSR count). The Kier molecular flexibility index (Phi) is 9.08. The van der Waals surface area contributed by atoms with Crippen molar-refractivity contribution in [1.29, 1.82) is 0 Å². The summed E-state index contributed by atoms with van der Waals surface area (Å²) in [6.45, 7) is 4.09. The van der Waals surface area contributed by atoms with Gasteiger partial charge in [-0.15, -0.1) is 0 Å². The summed E-state index contributed by atoms with van der Waals surface area (Å²) >= 11 is 5.76. The van der Waals surface area contributed by atoms with Gasteiger partial charge in [-0.25, -0.2) is 4.79 Å². The minimum Gasteiger partial charge on any atom is -0.454 e. The molecule has 0 saturated heterocycles. The number of rotatable bonds is 9. The normalized spacial score (nSPS) is 11.3. The van der Waals surface area contributed by atoms with Crippen molar-refractivity contribution in [3.05, 3.63) is 63.2 Å². The van der Waals surface area contributed by atoms with Crippen LogP contribution >= 0.6 is 11.6 Å². The third-order valence-electron chi connectivity index (χ3n) is 4.45. The fourth-order valence-electron chi connectivity index (χ4n) is 2.78. The van der Waals surface area contributed by atoms with Crippen LogP contribution in [0.25, 0.3) is 0 Å². The molecule has 0 heterocycles. The average molecular weight is 491 g/mol. The molecular formula is C22H23ClN4O7. The predicted octanol–water partition coefficient (Wildman–Crippen LogP) is 3.14. The van der Waals surface area contributed by atoms with E-state index in [9.17, 15) is 29.3 Å². The lowest BCUT2D eigenvalue weighted by Crippen LogP contribution is -2.46. The van der Waals surface area contributed by atoms with Gasteiger partial charge in [0, 0.05) is 29.9 Å². The third kappa shape index (κ3) is 7.55. The number of nitrogens with zero attached hydrogens (tertiary/aromatic N) is 1. The minimum atomic E-state index is -1.10. The van der Waals surface area contributed by atoms with Crippen LogP contribution in [0.3, 0.4) is 0 Å². The van der Waals surface area contributed by atoms with Gasteiger partial charge in [-0.3, -0.25) is 24.5 Å². The molecule has 0 fully saturated rings. The lowest BCUT2D eigenvalue weighted by molar-refractivity contribution is -0.384. The van der Waals surface area contributed by atoms with E-state index in [0.717, 1.165) is 6.07 Å². The number of esters is 1. The van der Waals surface area contributed by atoms with Crippen LogP contribution in [0.5, 0.6) is 0 Å². The highest BCUT2D eigenvalue weighted by Gasteiger charge is 2.27. The number of halogens is 1. The number of hydrogen-bond donors (Lipinski definition) is 3. The molecule has 1 unspecified atom stereocenters. The van der Waals surface area contributed by atoms with Crippen LogP contribution in [0.15, 0.2) is 42.5 Å². The van der Waals surface area contributed by atoms with Crippen LogP contribution in [0.1, 0.15) is 31.1 Å². The van der Waals surface area contributed by atoms with Crippen LogP contribution in [0.2, 0.25) is 5.02 Å². The Hall–Kier alpha value is -3.99. The molecule has 3 N–H and O–H groups in total. The van der Waals surface area contributed by atoms with Gasteiger partial charge in [-0.2, -0.15) is 0 Å². The highest BCUT2D eigenvalue weighted by Crippen LogP contribution is 2.25. The summed E-state index contributed by atoms with van der Waals surface area (Å²) < 4.78 is 5.04. The number of amides is 3. The Morgan fingerprint density at radius 1 is 1.03 bits per heavy atom. The highest BCUT2D eigenvalue weighted by molar-refractivity contribution is 6.32. The largest absolute Gasteiger partial charge is 0.454 e. The number of carbonyl (C=O) groups excluding carboxylic acids is 4. The van der Waals surface area contributed by atoms with E-state index in [-0.39, 0.29) is 16.5 Å². The SMILES string of the molecule is CC(=O)Nc1ccc(NC(=O)COC(=O)C(NC(=O)c2ccc(Cl)c([N+](=O)[O-])c2)C(C)C)cc1. The summed E-state index contributed by atoms with van der Waals surface area (Å²) in [4.78, 5) is 58.5. The Morgan fingerprint density at radius 3 is 2.15 bits per heavy atom. The van der Waals surface area contributed by atoms with Gasteiger partial charge < -0.3 is 20.7 Å². The zero-order valence-corrected chi connectivity index (χ0v) is 19.3. The summed E-state index contributed by atoms with van der Waals surface area (Å²) in [5, 5.41) is 18.5. The molecule has 0 aromatic heterocycles. The maximum Gasteiger partial charge on any atom is 0.329 e. The number of benzene rings is 2. The van der Waals surface area contributed by atoms with Gasteiger partial charge in [0.05, 0.1) is 4.92 Å². The standard InChI is InChI=1S/C22H23ClN4O7/c1-12(2)20(26-21(30)14-4-9-17(23)18(10-14)27(32)33)22(31)34-11-19(29)25-16-7-5-15(6-8-16)24-13(3)28/h4-10,12,20H,11H2,1-3H3,(H,24,28)(H,25,29)(H,26,30). The molecule has 1 atom stereocenters. The van der Waals surface area contributed by atoms with Crippen LogP contribution < -0.4 is 16.0 Å². The third-order valence-corrected chi connectivity index (χ3v) is 4.77. The first kappa shape index (κ1) is 26.3. The molecule has 12 heteroatoms. The Balaban J connectivity index is 1.96. The monoisotopic (exact) mass is 490 g/mol. The van der Waals surface area contributed by atoms with Gasteiger partial charge in [0.15, 0.2) is 6.61 Å². The zero-order valence-electron chi connectivity index (χ0n) is 18.6. The van der Waals surface area contributed by atoms with Crippen molar-refractivity contribution >= 4 is 52.4 Å². The van der Waals surface area contributed by atoms with E-state index in [1.54, 1.807) is 38.1 Å². The Labute approximate surface area is 200 Å². The van der Waals surface area contributed by atoms with Crippen molar-refractivity contribution in [3.63, 3.8) is 0 Å². The van der Waals surface area contributed by atoms with Crippen molar-refractivity contribution in [2.45, 2.75) is 26.8 Å². The smallest absolute Gasteiger partial charge is 0.329 e.